The summed E-state index contributed by atoms with van der Waals surface area (Å²) in [5.74, 6) is 0.642. The van der Waals surface area contributed by atoms with Gasteiger partial charge in [-0.3, -0.25) is 4.79 Å². The quantitative estimate of drug-likeness (QED) is 0.230. The van der Waals surface area contributed by atoms with Crippen molar-refractivity contribution in [3.05, 3.63) is 99.2 Å². The second-order valence-corrected chi connectivity index (χ2v) is 10.3. The number of carbonyl (C=O) groups is 2. The molecule has 0 radical (unpaired) electrons. The minimum absolute atomic E-state index is 0.142. The number of allylic oxidation sites excluding steroid dienone is 4. The molecule has 2 unspecified atom stereocenters. The van der Waals surface area contributed by atoms with Gasteiger partial charge in [0.2, 0.25) is 5.78 Å². The largest absolute Gasteiger partial charge is 0.497 e. The Bertz CT molecular complexity index is 1610. The van der Waals surface area contributed by atoms with Gasteiger partial charge in [0.05, 0.1) is 26.7 Å². The first-order valence-corrected chi connectivity index (χ1v) is 13.6. The topological polar surface area (TPSA) is 84.2 Å². The fraction of sp³-hybridized carbons (Fsp3) is 0.294. The maximum absolute atomic E-state index is 14.0. The number of methoxy groups -OCH3 is 2. The van der Waals surface area contributed by atoms with Crippen molar-refractivity contribution in [3.8, 4) is 22.8 Å². The summed E-state index contributed by atoms with van der Waals surface area (Å²) >= 11 is 0. The summed E-state index contributed by atoms with van der Waals surface area (Å²) in [4.78, 5) is 27.3. The van der Waals surface area contributed by atoms with Gasteiger partial charge in [0.15, 0.2) is 5.76 Å². The van der Waals surface area contributed by atoms with Gasteiger partial charge in [-0.05, 0) is 105 Å². The second-order valence-electron chi connectivity index (χ2n) is 10.3. The molecule has 1 fully saturated rings. The molecule has 7 heteroatoms. The lowest BCUT2D eigenvalue weighted by atomic mass is 9.73. The Morgan fingerprint density at radius 3 is 2.34 bits per heavy atom. The summed E-state index contributed by atoms with van der Waals surface area (Å²) in [5.41, 5.74) is 6.25. The smallest absolute Gasteiger partial charge is 0.334 e. The fourth-order valence-electron chi connectivity index (χ4n) is 5.57. The molecule has 1 saturated heterocycles. The van der Waals surface area contributed by atoms with Crippen molar-refractivity contribution in [2.45, 2.75) is 40.5 Å². The van der Waals surface area contributed by atoms with Gasteiger partial charge < -0.3 is 23.4 Å². The molecular formula is C34H34O7. The van der Waals surface area contributed by atoms with Gasteiger partial charge in [0.1, 0.15) is 28.8 Å². The number of benzene rings is 2. The molecule has 2 aliphatic rings. The number of hydrogen-bond acceptors (Lipinski definition) is 7. The maximum atomic E-state index is 14.0. The third-order valence-corrected chi connectivity index (χ3v) is 7.87. The monoisotopic (exact) mass is 554 g/mol. The zero-order valence-electron chi connectivity index (χ0n) is 24.4. The molecule has 2 heterocycles. The lowest BCUT2D eigenvalue weighted by Crippen LogP contribution is -2.29. The predicted molar refractivity (Wildman–Crippen MR) is 156 cm³/mol. The number of hydrogen-bond donors (Lipinski definition) is 0. The molecular weight excluding hydrogens is 520 g/mol. The van der Waals surface area contributed by atoms with Crippen molar-refractivity contribution in [2.75, 3.05) is 20.8 Å². The third kappa shape index (κ3) is 5.08. The average Bonchev–Trinajstić information content (AvgIpc) is 3.54. The summed E-state index contributed by atoms with van der Waals surface area (Å²) in [6.07, 6.45) is 3.35. The Kier molecular flexibility index (Phi) is 7.63. The minimum atomic E-state index is -0.790. The van der Waals surface area contributed by atoms with Gasteiger partial charge in [0, 0.05) is 28.7 Å². The molecule has 212 valence electrons. The van der Waals surface area contributed by atoms with Crippen LogP contribution in [0.25, 0.3) is 17.4 Å². The van der Waals surface area contributed by atoms with Crippen LogP contribution in [-0.2, 0) is 19.1 Å². The van der Waals surface area contributed by atoms with E-state index in [2.05, 4.69) is 32.9 Å². The summed E-state index contributed by atoms with van der Waals surface area (Å²) in [6.45, 7) is 10.0. The van der Waals surface area contributed by atoms with Crippen LogP contribution in [0, 0.1) is 26.7 Å². The molecule has 0 saturated carbocycles. The minimum Gasteiger partial charge on any atom is -0.497 e. The molecule has 1 aliphatic carbocycles. The molecule has 41 heavy (non-hydrogen) atoms. The van der Waals surface area contributed by atoms with E-state index in [1.165, 1.54) is 16.7 Å². The number of rotatable bonds is 7. The second kappa shape index (κ2) is 11.2. The van der Waals surface area contributed by atoms with Crippen LogP contribution in [0.3, 0.4) is 0 Å². The van der Waals surface area contributed by atoms with Crippen molar-refractivity contribution in [1.82, 2.24) is 0 Å². The van der Waals surface area contributed by atoms with E-state index in [4.69, 9.17) is 23.4 Å². The molecule has 0 spiro atoms. The first-order chi connectivity index (χ1) is 19.7. The van der Waals surface area contributed by atoms with Gasteiger partial charge in [-0.25, -0.2) is 4.79 Å². The summed E-state index contributed by atoms with van der Waals surface area (Å²) in [7, 11) is 3.11. The van der Waals surface area contributed by atoms with E-state index in [-0.39, 0.29) is 18.1 Å². The highest BCUT2D eigenvalue weighted by Gasteiger charge is 2.49. The van der Waals surface area contributed by atoms with Gasteiger partial charge in [-0.2, -0.15) is 0 Å². The van der Waals surface area contributed by atoms with Crippen LogP contribution in [0.2, 0.25) is 0 Å². The standard InChI is InChI=1S/C34H34O7/c1-8-39-34(36)30-20(4)15-28-32(31(30)25-16-23(37-6)9-12-27(25)38-7)33(35)29(41-28)17-24-10-11-26(40-24)22-13-18(2)21(5)19(3)14-22/h9-17,31-32H,8H2,1-7H3/b29-17-. The molecule has 0 amide bonds. The third-order valence-electron chi connectivity index (χ3n) is 7.87. The molecule has 0 bridgehead atoms. The molecule has 7 nitrogen and oxygen atoms in total. The number of ether oxygens (including phenoxy) is 4. The molecule has 0 N–H and O–H groups in total. The van der Waals surface area contributed by atoms with E-state index in [9.17, 15) is 9.59 Å². The van der Waals surface area contributed by atoms with Crippen LogP contribution in [-0.4, -0.2) is 32.6 Å². The lowest BCUT2D eigenvalue weighted by molar-refractivity contribution is -0.139. The Morgan fingerprint density at radius 1 is 0.951 bits per heavy atom. The predicted octanol–water partition coefficient (Wildman–Crippen LogP) is 7.01. The fourth-order valence-corrected chi connectivity index (χ4v) is 5.57. The van der Waals surface area contributed by atoms with Crippen molar-refractivity contribution in [2.24, 2.45) is 5.92 Å². The van der Waals surface area contributed by atoms with Crippen LogP contribution >= 0.6 is 0 Å². The van der Waals surface area contributed by atoms with Crippen LogP contribution in [0.4, 0.5) is 0 Å². The summed E-state index contributed by atoms with van der Waals surface area (Å²) in [5, 5.41) is 0. The van der Waals surface area contributed by atoms with Crippen molar-refractivity contribution >= 4 is 17.8 Å². The van der Waals surface area contributed by atoms with Gasteiger partial charge in [-0.1, -0.05) is 0 Å². The van der Waals surface area contributed by atoms with E-state index < -0.39 is 17.8 Å². The molecule has 5 rings (SSSR count). The molecule has 1 aromatic heterocycles. The van der Waals surface area contributed by atoms with Crippen LogP contribution in [0.5, 0.6) is 11.5 Å². The SMILES string of the molecule is CCOC(=O)C1=C(C)C=C2O/C(=C\c3ccc(-c4cc(C)c(C)c(C)c4)o3)C(=O)C2C1c1cc(OC)ccc1OC. The van der Waals surface area contributed by atoms with Gasteiger partial charge >= 0.3 is 5.97 Å². The molecule has 2 atom stereocenters. The molecule has 3 aromatic rings. The van der Waals surface area contributed by atoms with Crippen LogP contribution in [0.15, 0.2) is 75.6 Å². The first-order valence-electron chi connectivity index (χ1n) is 13.6. The lowest BCUT2D eigenvalue weighted by Gasteiger charge is -2.30. The summed E-state index contributed by atoms with van der Waals surface area (Å²) in [6, 6.07) is 13.2. The molecule has 1 aliphatic heterocycles. The number of carbonyl (C=O) groups excluding carboxylic acids is 2. The van der Waals surface area contributed by atoms with Crippen LogP contribution in [0.1, 0.15) is 47.8 Å². The summed E-state index contributed by atoms with van der Waals surface area (Å²) < 4.78 is 28.8. The highest BCUT2D eigenvalue weighted by molar-refractivity contribution is 6.06. The molecule has 2 aromatic carbocycles. The van der Waals surface area contributed by atoms with Crippen molar-refractivity contribution in [1.29, 1.82) is 0 Å². The van der Waals surface area contributed by atoms with Crippen molar-refractivity contribution in [3.63, 3.8) is 0 Å². The number of ketones is 1. The van der Waals surface area contributed by atoms with E-state index in [0.29, 0.717) is 45.5 Å². The first kappa shape index (κ1) is 28.0. The van der Waals surface area contributed by atoms with Crippen LogP contribution < -0.4 is 9.47 Å². The number of furan rings is 1. The van der Waals surface area contributed by atoms with Crippen molar-refractivity contribution < 1.29 is 33.0 Å². The van der Waals surface area contributed by atoms with E-state index in [1.807, 2.05) is 19.1 Å². The highest BCUT2D eigenvalue weighted by Crippen LogP contribution is 2.51. The average molecular weight is 555 g/mol. The maximum Gasteiger partial charge on any atom is 0.334 e. The Balaban J connectivity index is 1.56. The zero-order valence-corrected chi connectivity index (χ0v) is 24.4. The van der Waals surface area contributed by atoms with E-state index >= 15 is 0 Å². The zero-order chi connectivity index (χ0) is 29.4. The normalized spacial score (nSPS) is 19.1. The number of aryl methyl sites for hydroxylation is 2. The van der Waals surface area contributed by atoms with E-state index in [1.54, 1.807) is 51.5 Å². The Morgan fingerprint density at radius 2 is 1.68 bits per heavy atom. The Hall–Kier alpha value is -4.52. The number of esters is 1. The van der Waals surface area contributed by atoms with Gasteiger partial charge in [0.25, 0.3) is 0 Å². The Labute approximate surface area is 240 Å². The van der Waals surface area contributed by atoms with E-state index in [0.717, 1.165) is 5.56 Å². The number of fused-ring (bicyclic) bond motifs is 1. The number of Topliss-reactive ketones (excluding diaryl/α,β-unsaturated/α-hetero) is 1. The highest BCUT2D eigenvalue weighted by atomic mass is 16.5. The van der Waals surface area contributed by atoms with Gasteiger partial charge in [-0.15, -0.1) is 0 Å².